The van der Waals surface area contributed by atoms with E-state index in [4.69, 9.17) is 4.74 Å². The summed E-state index contributed by atoms with van der Waals surface area (Å²) in [5.41, 5.74) is 0. The monoisotopic (exact) mass is 365 g/mol. The summed E-state index contributed by atoms with van der Waals surface area (Å²) in [5, 5.41) is 2.54. The molecule has 0 radical (unpaired) electrons. The van der Waals surface area contributed by atoms with Gasteiger partial charge in [0.1, 0.15) is 11.8 Å². The molecule has 1 fully saturated rings. The lowest BCUT2D eigenvalue weighted by Gasteiger charge is -2.08. The van der Waals surface area contributed by atoms with E-state index >= 15 is 0 Å². The zero-order valence-electron chi connectivity index (χ0n) is 15.6. The largest absolute Gasteiger partial charge is 0.464 e. The maximum Gasteiger partial charge on any atom is 0.328 e. The third-order valence-electron chi connectivity index (χ3n) is 4.48. The lowest BCUT2D eigenvalue weighted by molar-refractivity contribution is -0.142. The third kappa shape index (κ3) is 10.1. The van der Waals surface area contributed by atoms with Gasteiger partial charge in [0.25, 0.3) is 0 Å². The number of allylic oxidation sites excluding steroid dienone is 1. The van der Waals surface area contributed by atoms with Gasteiger partial charge in [0.2, 0.25) is 5.91 Å². The van der Waals surface area contributed by atoms with Gasteiger partial charge in [-0.1, -0.05) is 45.1 Å². The number of hydrogen-bond donors (Lipinski definition) is 1. The summed E-state index contributed by atoms with van der Waals surface area (Å²) < 4.78 is 4.76. The Balaban J connectivity index is 1.91. The summed E-state index contributed by atoms with van der Waals surface area (Å²) in [6.45, 7) is 3.78. The van der Waals surface area contributed by atoms with Crippen molar-refractivity contribution >= 4 is 23.4 Å². The molecule has 1 aliphatic rings. The summed E-state index contributed by atoms with van der Waals surface area (Å²) in [7, 11) is 0. The van der Waals surface area contributed by atoms with Crippen molar-refractivity contribution in [1.82, 2.24) is 5.32 Å². The second kappa shape index (κ2) is 13.3. The van der Waals surface area contributed by atoms with Crippen LogP contribution in [0.15, 0.2) is 12.7 Å². The molecule has 0 spiro atoms. The molecule has 1 atom stereocenters. The highest BCUT2D eigenvalue weighted by atomic mass is 16.5. The molecular weight excluding hydrogens is 334 g/mol. The highest BCUT2D eigenvalue weighted by Crippen LogP contribution is 2.12. The Morgan fingerprint density at radius 2 is 1.58 bits per heavy atom. The maximum absolute atomic E-state index is 11.8. The minimum atomic E-state index is -0.592. The van der Waals surface area contributed by atoms with Crippen LogP contribution in [0.25, 0.3) is 0 Å². The number of ether oxygens (including phenoxy) is 1. The first-order valence-corrected chi connectivity index (χ1v) is 9.66. The van der Waals surface area contributed by atoms with E-state index in [2.05, 4.69) is 11.9 Å². The van der Waals surface area contributed by atoms with Gasteiger partial charge in [-0.25, -0.2) is 4.79 Å². The van der Waals surface area contributed by atoms with Gasteiger partial charge in [0, 0.05) is 19.3 Å². The van der Waals surface area contributed by atoms with Crippen LogP contribution in [-0.2, 0) is 23.9 Å². The van der Waals surface area contributed by atoms with Crippen LogP contribution in [0, 0.1) is 0 Å². The molecule has 0 bridgehead atoms. The van der Waals surface area contributed by atoms with Crippen molar-refractivity contribution in [3.8, 4) is 0 Å². The maximum atomic E-state index is 11.8. The van der Waals surface area contributed by atoms with Crippen LogP contribution in [0.5, 0.6) is 0 Å². The van der Waals surface area contributed by atoms with Gasteiger partial charge in [-0.2, -0.15) is 0 Å². The molecule has 1 N–H and O–H groups in total. The topological polar surface area (TPSA) is 89.5 Å². The number of esters is 1. The number of rotatable bonds is 15. The van der Waals surface area contributed by atoms with Crippen LogP contribution in [-0.4, -0.2) is 36.1 Å². The van der Waals surface area contributed by atoms with Crippen LogP contribution in [0.2, 0.25) is 0 Å². The van der Waals surface area contributed by atoms with Crippen molar-refractivity contribution in [2.24, 2.45) is 0 Å². The number of carbonyl (C=O) groups is 4. The van der Waals surface area contributed by atoms with E-state index in [1.54, 1.807) is 0 Å². The molecule has 0 unspecified atom stereocenters. The normalized spacial score (nSPS) is 16.2. The molecular formula is C20H31NO5. The fraction of sp³-hybridized carbons (Fsp3) is 0.700. The van der Waals surface area contributed by atoms with E-state index < -0.39 is 17.9 Å². The van der Waals surface area contributed by atoms with E-state index in [0.717, 1.165) is 51.4 Å². The first-order chi connectivity index (χ1) is 12.5. The SMILES string of the molecule is C=CC(=O)CCCCCCCCCCC(=O)CC(=O)N[C@H]1CCOC1=O. The second-order valence-electron chi connectivity index (χ2n) is 6.79. The van der Waals surface area contributed by atoms with Gasteiger partial charge in [-0.05, 0) is 18.9 Å². The van der Waals surface area contributed by atoms with E-state index in [-0.39, 0.29) is 18.0 Å². The molecule has 1 aliphatic heterocycles. The molecule has 0 aromatic rings. The molecule has 6 heteroatoms. The van der Waals surface area contributed by atoms with Crippen molar-refractivity contribution in [2.45, 2.75) is 83.1 Å². The number of hydrogen-bond acceptors (Lipinski definition) is 5. The minimum absolute atomic E-state index is 0.0826. The van der Waals surface area contributed by atoms with E-state index in [9.17, 15) is 19.2 Å². The van der Waals surface area contributed by atoms with Crippen LogP contribution < -0.4 is 5.32 Å². The Morgan fingerprint density at radius 3 is 2.12 bits per heavy atom. The zero-order chi connectivity index (χ0) is 19.2. The first-order valence-electron chi connectivity index (χ1n) is 9.66. The summed E-state index contributed by atoms with van der Waals surface area (Å²) in [6, 6.07) is -0.592. The molecule has 146 valence electrons. The Morgan fingerprint density at radius 1 is 1.00 bits per heavy atom. The Hall–Kier alpha value is -1.98. The number of carbonyl (C=O) groups excluding carboxylic acids is 4. The number of ketones is 2. The van der Waals surface area contributed by atoms with Crippen molar-refractivity contribution < 1.29 is 23.9 Å². The average molecular weight is 365 g/mol. The fourth-order valence-electron chi connectivity index (χ4n) is 2.92. The standard InChI is InChI=1S/C20H31NO5/c1-2-16(22)11-9-7-5-3-4-6-8-10-12-17(23)15-19(24)21-18-13-14-26-20(18)25/h2,18H,1,3-15H2,(H,21,24)/t18-/m0/s1. The smallest absolute Gasteiger partial charge is 0.328 e. The Bertz CT molecular complexity index is 500. The van der Waals surface area contributed by atoms with Crippen LogP contribution in [0.3, 0.4) is 0 Å². The second-order valence-corrected chi connectivity index (χ2v) is 6.79. The summed E-state index contributed by atoms with van der Waals surface area (Å²) in [4.78, 5) is 45.8. The predicted octanol–water partition coefficient (Wildman–Crippen LogP) is 3.03. The molecule has 26 heavy (non-hydrogen) atoms. The van der Waals surface area contributed by atoms with Gasteiger partial charge in [-0.3, -0.25) is 14.4 Å². The van der Waals surface area contributed by atoms with Gasteiger partial charge in [0.05, 0.1) is 13.0 Å². The van der Waals surface area contributed by atoms with E-state index in [0.29, 0.717) is 25.9 Å². The molecule has 1 heterocycles. The van der Waals surface area contributed by atoms with Crippen molar-refractivity contribution in [1.29, 1.82) is 0 Å². The molecule has 1 saturated heterocycles. The fourth-order valence-corrected chi connectivity index (χ4v) is 2.92. The van der Waals surface area contributed by atoms with Crippen molar-refractivity contribution in [3.05, 3.63) is 12.7 Å². The lowest BCUT2D eigenvalue weighted by Crippen LogP contribution is -2.38. The van der Waals surface area contributed by atoms with Crippen LogP contribution in [0.1, 0.15) is 77.0 Å². The lowest BCUT2D eigenvalue weighted by atomic mass is 10.0. The van der Waals surface area contributed by atoms with Crippen molar-refractivity contribution in [2.75, 3.05) is 6.61 Å². The molecule has 1 rings (SSSR count). The quantitative estimate of drug-likeness (QED) is 0.208. The van der Waals surface area contributed by atoms with E-state index in [1.807, 2.05) is 0 Å². The average Bonchev–Trinajstić information content (AvgIpc) is 3.00. The highest BCUT2D eigenvalue weighted by Gasteiger charge is 2.28. The molecule has 6 nitrogen and oxygen atoms in total. The van der Waals surface area contributed by atoms with Gasteiger partial charge in [-0.15, -0.1) is 0 Å². The number of amides is 1. The van der Waals surface area contributed by atoms with Gasteiger partial charge in [0.15, 0.2) is 5.78 Å². The molecule has 0 saturated carbocycles. The zero-order valence-corrected chi connectivity index (χ0v) is 15.6. The first kappa shape index (κ1) is 22.1. The number of cyclic esters (lactones) is 1. The number of nitrogens with one attached hydrogen (secondary N) is 1. The summed E-state index contributed by atoms with van der Waals surface area (Å²) in [5.74, 6) is -0.779. The van der Waals surface area contributed by atoms with Gasteiger partial charge < -0.3 is 10.1 Å². The number of Topliss-reactive ketones (excluding diaryl/α,β-unsaturated/α-hetero) is 1. The highest BCUT2D eigenvalue weighted by molar-refractivity contribution is 5.99. The number of unbranched alkanes of at least 4 members (excludes halogenated alkanes) is 7. The summed E-state index contributed by atoms with van der Waals surface area (Å²) in [6.07, 6.45) is 11.0. The Labute approximate surface area is 155 Å². The van der Waals surface area contributed by atoms with Crippen LogP contribution in [0.4, 0.5) is 0 Å². The molecule has 0 aromatic heterocycles. The molecule has 0 aliphatic carbocycles. The van der Waals surface area contributed by atoms with Crippen LogP contribution >= 0.6 is 0 Å². The minimum Gasteiger partial charge on any atom is -0.464 e. The summed E-state index contributed by atoms with van der Waals surface area (Å²) >= 11 is 0. The molecule has 0 aromatic carbocycles. The Kier molecular flexibility index (Phi) is 11.2. The van der Waals surface area contributed by atoms with Crippen molar-refractivity contribution in [3.63, 3.8) is 0 Å². The molecule has 1 amide bonds. The third-order valence-corrected chi connectivity index (χ3v) is 4.48. The van der Waals surface area contributed by atoms with Gasteiger partial charge >= 0.3 is 5.97 Å². The predicted molar refractivity (Wildman–Crippen MR) is 98.5 cm³/mol. The van der Waals surface area contributed by atoms with E-state index in [1.165, 1.54) is 6.08 Å².